The summed E-state index contributed by atoms with van der Waals surface area (Å²) in [4.78, 5) is 26.3. The highest BCUT2D eigenvalue weighted by molar-refractivity contribution is 8.18. The Labute approximate surface area is 145 Å². The van der Waals surface area contributed by atoms with Gasteiger partial charge in [0.05, 0.1) is 31.8 Å². The monoisotopic (exact) mass is 351 g/mol. The highest BCUT2D eigenvalue weighted by Gasteiger charge is 2.37. The van der Waals surface area contributed by atoms with Crippen LogP contribution in [0.2, 0.25) is 0 Å². The smallest absolute Gasteiger partial charge is 0.293 e. The number of hydrogen-bond acceptors (Lipinski definition) is 6. The molecule has 1 atom stereocenters. The summed E-state index contributed by atoms with van der Waals surface area (Å²) in [5, 5.41) is -0.257. The second-order valence-corrected chi connectivity index (χ2v) is 6.25. The maximum absolute atomic E-state index is 12.6. The highest BCUT2D eigenvalue weighted by Crippen LogP contribution is 2.40. The first-order valence-corrected chi connectivity index (χ1v) is 8.35. The van der Waals surface area contributed by atoms with E-state index in [2.05, 4.69) is 0 Å². The SMILES string of the molecule is CCC(C)N1C(=O)S/C(=C\c2c(OC)cc(OC)cc2OC)C1=O. The first kappa shape index (κ1) is 18.2. The lowest BCUT2D eigenvalue weighted by Crippen LogP contribution is -2.36. The van der Waals surface area contributed by atoms with Crippen molar-refractivity contribution in [3.05, 3.63) is 22.6 Å². The predicted octanol–water partition coefficient (Wildman–Crippen LogP) is 3.55. The molecular formula is C17H21NO5S. The summed E-state index contributed by atoms with van der Waals surface area (Å²) in [6, 6.07) is 3.27. The minimum atomic E-state index is -0.292. The van der Waals surface area contributed by atoms with Crippen molar-refractivity contribution in [3.8, 4) is 17.2 Å². The van der Waals surface area contributed by atoms with Crippen LogP contribution in [0.25, 0.3) is 6.08 Å². The molecule has 1 fully saturated rings. The summed E-state index contributed by atoms with van der Waals surface area (Å²) in [6.07, 6.45) is 2.34. The lowest BCUT2D eigenvalue weighted by atomic mass is 10.1. The second-order valence-electron chi connectivity index (χ2n) is 5.25. The molecule has 0 spiro atoms. The van der Waals surface area contributed by atoms with Crippen LogP contribution >= 0.6 is 11.8 Å². The normalized spacial score (nSPS) is 17.4. The van der Waals surface area contributed by atoms with Crippen molar-refractivity contribution in [2.75, 3.05) is 21.3 Å². The van der Waals surface area contributed by atoms with Crippen molar-refractivity contribution in [3.63, 3.8) is 0 Å². The summed E-state index contributed by atoms with van der Waals surface area (Å²) in [7, 11) is 4.60. The van der Waals surface area contributed by atoms with Crippen molar-refractivity contribution >= 4 is 29.0 Å². The number of nitrogens with zero attached hydrogens (tertiary/aromatic N) is 1. The molecule has 1 aromatic carbocycles. The quantitative estimate of drug-likeness (QED) is 0.730. The first-order valence-electron chi connectivity index (χ1n) is 7.53. The van der Waals surface area contributed by atoms with Crippen LogP contribution < -0.4 is 14.2 Å². The zero-order valence-corrected chi connectivity index (χ0v) is 15.2. The molecule has 0 radical (unpaired) electrons. The fraction of sp³-hybridized carbons (Fsp3) is 0.412. The van der Waals surface area contributed by atoms with Crippen LogP contribution in [0.4, 0.5) is 4.79 Å². The molecule has 0 bridgehead atoms. The molecule has 1 aromatic rings. The minimum absolute atomic E-state index is 0.136. The first-order chi connectivity index (χ1) is 11.5. The van der Waals surface area contributed by atoms with Gasteiger partial charge in [0.15, 0.2) is 0 Å². The van der Waals surface area contributed by atoms with Gasteiger partial charge in [-0.1, -0.05) is 6.92 Å². The third kappa shape index (κ3) is 3.36. The van der Waals surface area contributed by atoms with Gasteiger partial charge in [0.2, 0.25) is 0 Å². The molecule has 1 heterocycles. The van der Waals surface area contributed by atoms with Crippen LogP contribution in [0, 0.1) is 0 Å². The van der Waals surface area contributed by atoms with Gasteiger partial charge in [0.25, 0.3) is 11.1 Å². The number of benzene rings is 1. The zero-order chi connectivity index (χ0) is 17.9. The van der Waals surface area contributed by atoms with Gasteiger partial charge in [-0.15, -0.1) is 0 Å². The molecule has 1 saturated heterocycles. The van der Waals surface area contributed by atoms with E-state index in [9.17, 15) is 9.59 Å². The van der Waals surface area contributed by atoms with E-state index in [4.69, 9.17) is 14.2 Å². The van der Waals surface area contributed by atoms with Crippen LogP contribution in [-0.4, -0.2) is 43.4 Å². The molecule has 2 rings (SSSR count). The van der Waals surface area contributed by atoms with Gasteiger partial charge in [-0.25, -0.2) is 0 Å². The Balaban J connectivity index is 2.48. The number of rotatable bonds is 6. The Bertz CT molecular complexity index is 661. The maximum Gasteiger partial charge on any atom is 0.293 e. The van der Waals surface area contributed by atoms with E-state index >= 15 is 0 Å². The number of ether oxygens (including phenoxy) is 3. The largest absolute Gasteiger partial charge is 0.496 e. The zero-order valence-electron chi connectivity index (χ0n) is 14.4. The molecule has 0 aliphatic carbocycles. The average molecular weight is 351 g/mol. The lowest BCUT2D eigenvalue weighted by molar-refractivity contribution is -0.124. The minimum Gasteiger partial charge on any atom is -0.496 e. The summed E-state index contributed by atoms with van der Waals surface area (Å²) in [6.45, 7) is 3.79. The third-order valence-electron chi connectivity index (χ3n) is 3.88. The number of imide groups is 1. The van der Waals surface area contributed by atoms with Gasteiger partial charge < -0.3 is 14.2 Å². The van der Waals surface area contributed by atoms with Crippen molar-refractivity contribution in [1.82, 2.24) is 4.90 Å². The summed E-state index contributed by atoms with van der Waals surface area (Å²) < 4.78 is 16.0. The second kappa shape index (κ2) is 7.61. The molecule has 1 aliphatic heterocycles. The van der Waals surface area contributed by atoms with Gasteiger partial charge in [-0.3, -0.25) is 14.5 Å². The molecule has 2 amide bonds. The van der Waals surface area contributed by atoms with Crippen LogP contribution in [0.15, 0.2) is 17.0 Å². The predicted molar refractivity (Wildman–Crippen MR) is 93.7 cm³/mol. The number of carbonyl (C=O) groups is 2. The van der Waals surface area contributed by atoms with E-state index < -0.39 is 0 Å². The summed E-state index contributed by atoms with van der Waals surface area (Å²) >= 11 is 0.925. The summed E-state index contributed by atoms with van der Waals surface area (Å²) in [5.41, 5.74) is 0.593. The fourth-order valence-corrected chi connectivity index (χ4v) is 3.26. The molecule has 1 aliphatic rings. The molecule has 7 heteroatoms. The molecule has 0 N–H and O–H groups in total. The molecular weight excluding hydrogens is 330 g/mol. The molecule has 0 aromatic heterocycles. The van der Waals surface area contributed by atoms with Crippen molar-refractivity contribution < 1.29 is 23.8 Å². The molecule has 1 unspecified atom stereocenters. The van der Waals surface area contributed by atoms with Crippen LogP contribution in [0.1, 0.15) is 25.8 Å². The number of hydrogen-bond donors (Lipinski definition) is 0. The molecule has 130 valence electrons. The van der Waals surface area contributed by atoms with Crippen molar-refractivity contribution in [1.29, 1.82) is 0 Å². The number of amides is 2. The number of methoxy groups -OCH3 is 3. The van der Waals surface area contributed by atoms with Gasteiger partial charge in [0.1, 0.15) is 17.2 Å². The number of carbonyl (C=O) groups excluding carboxylic acids is 2. The molecule has 6 nitrogen and oxygen atoms in total. The number of thioether (sulfide) groups is 1. The summed E-state index contributed by atoms with van der Waals surface area (Å²) in [5.74, 6) is 1.29. The topological polar surface area (TPSA) is 65.1 Å². The Morgan fingerprint density at radius 1 is 1.12 bits per heavy atom. The van der Waals surface area contributed by atoms with Gasteiger partial charge >= 0.3 is 0 Å². The third-order valence-corrected chi connectivity index (χ3v) is 4.77. The van der Waals surface area contributed by atoms with E-state index in [0.717, 1.165) is 11.8 Å². The van der Waals surface area contributed by atoms with Gasteiger partial charge in [-0.05, 0) is 31.2 Å². The molecule has 24 heavy (non-hydrogen) atoms. The van der Waals surface area contributed by atoms with E-state index in [1.54, 1.807) is 25.3 Å². The van der Waals surface area contributed by atoms with Crippen LogP contribution in [-0.2, 0) is 4.79 Å². The highest BCUT2D eigenvalue weighted by atomic mass is 32.2. The van der Waals surface area contributed by atoms with E-state index in [0.29, 0.717) is 34.1 Å². The Morgan fingerprint density at radius 3 is 2.17 bits per heavy atom. The van der Waals surface area contributed by atoms with E-state index in [1.165, 1.54) is 19.1 Å². The average Bonchev–Trinajstić information content (AvgIpc) is 2.87. The standard InChI is InChI=1S/C17H21NO5S/c1-6-10(2)18-16(19)15(24-17(18)20)9-12-13(22-4)7-11(21-3)8-14(12)23-5/h7-10H,6H2,1-5H3/b15-9-. The van der Waals surface area contributed by atoms with Gasteiger partial charge in [-0.2, -0.15) is 0 Å². The Kier molecular flexibility index (Phi) is 5.77. The lowest BCUT2D eigenvalue weighted by Gasteiger charge is -2.19. The Hall–Kier alpha value is -2.15. The van der Waals surface area contributed by atoms with E-state index in [-0.39, 0.29) is 17.2 Å². The van der Waals surface area contributed by atoms with Crippen LogP contribution in [0.5, 0.6) is 17.2 Å². The van der Waals surface area contributed by atoms with Crippen molar-refractivity contribution in [2.45, 2.75) is 26.3 Å². The Morgan fingerprint density at radius 2 is 1.71 bits per heavy atom. The van der Waals surface area contributed by atoms with Crippen LogP contribution in [0.3, 0.4) is 0 Å². The van der Waals surface area contributed by atoms with E-state index in [1.807, 2.05) is 13.8 Å². The fourth-order valence-electron chi connectivity index (χ4n) is 2.35. The maximum atomic E-state index is 12.6. The van der Waals surface area contributed by atoms with Crippen molar-refractivity contribution in [2.24, 2.45) is 0 Å². The van der Waals surface area contributed by atoms with Gasteiger partial charge in [0, 0.05) is 18.2 Å². The molecule has 0 saturated carbocycles.